The zero-order chi connectivity index (χ0) is 21.3. The molecule has 8 heteroatoms. The summed E-state index contributed by atoms with van der Waals surface area (Å²) < 4.78 is 27.0. The fraction of sp³-hybridized carbons (Fsp3) is 0.364. The lowest BCUT2D eigenvalue weighted by atomic mass is 10.1. The monoisotopic (exact) mass is 426 g/mol. The lowest BCUT2D eigenvalue weighted by Gasteiger charge is -2.25. The molecule has 2 aromatic rings. The number of nitrogens with zero attached hydrogens (tertiary/aromatic N) is 3. The van der Waals surface area contributed by atoms with Gasteiger partial charge in [-0.05, 0) is 43.5 Å². The highest BCUT2D eigenvalue weighted by molar-refractivity contribution is 7.90. The summed E-state index contributed by atoms with van der Waals surface area (Å²) in [6.07, 6.45) is 2.38. The minimum atomic E-state index is -3.62. The number of anilines is 1. The number of carbonyl (C=O) groups is 1. The quantitative estimate of drug-likeness (QED) is 0.796. The van der Waals surface area contributed by atoms with Crippen LogP contribution in [0, 0.1) is 0 Å². The molecule has 0 unspecified atom stereocenters. The van der Waals surface area contributed by atoms with Gasteiger partial charge < -0.3 is 9.80 Å². The van der Waals surface area contributed by atoms with Crippen molar-refractivity contribution >= 4 is 27.5 Å². The van der Waals surface area contributed by atoms with Crippen molar-refractivity contribution in [3.63, 3.8) is 0 Å². The number of para-hydroxylation sites is 1. The van der Waals surface area contributed by atoms with Crippen LogP contribution in [0.25, 0.3) is 0 Å². The summed E-state index contributed by atoms with van der Waals surface area (Å²) in [7, 11) is -1.86. The highest BCUT2D eigenvalue weighted by Crippen LogP contribution is 2.26. The maximum Gasteiger partial charge on any atom is 0.263 e. The molecule has 2 aromatic carbocycles. The number of hydrogen-bond donors (Lipinski definition) is 1. The van der Waals surface area contributed by atoms with Gasteiger partial charge in [0.15, 0.2) is 0 Å². The first-order chi connectivity index (χ1) is 14.4. The van der Waals surface area contributed by atoms with Gasteiger partial charge in [0, 0.05) is 37.9 Å². The molecule has 2 aliphatic rings. The number of hydrogen-bond acceptors (Lipinski definition) is 5. The number of rotatable bonds is 5. The summed E-state index contributed by atoms with van der Waals surface area (Å²) in [5.74, 6) is 0.0552. The molecular weight excluding hydrogens is 400 g/mol. The molecule has 0 saturated carbocycles. The molecule has 1 atom stereocenters. The molecule has 158 valence electrons. The highest BCUT2D eigenvalue weighted by atomic mass is 32.2. The van der Waals surface area contributed by atoms with Crippen molar-refractivity contribution in [1.29, 1.82) is 0 Å². The molecule has 0 aromatic heterocycles. The molecule has 0 aliphatic carbocycles. The van der Waals surface area contributed by atoms with E-state index in [0.717, 1.165) is 18.7 Å². The topological polar surface area (TPSA) is 82.1 Å². The zero-order valence-corrected chi connectivity index (χ0v) is 18.0. The van der Waals surface area contributed by atoms with Crippen molar-refractivity contribution in [2.24, 2.45) is 4.99 Å². The first kappa shape index (κ1) is 20.4. The van der Waals surface area contributed by atoms with E-state index in [2.05, 4.69) is 26.7 Å². The molecular formula is C22H26N4O3S. The van der Waals surface area contributed by atoms with Crippen molar-refractivity contribution in [1.82, 2.24) is 9.62 Å². The maximum atomic E-state index is 13.0. The van der Waals surface area contributed by atoms with Crippen molar-refractivity contribution < 1.29 is 13.2 Å². The number of carbonyl (C=O) groups excluding carboxylic acids is 1. The number of amides is 1. The number of nitrogens with one attached hydrogen (secondary N) is 1. The molecule has 7 nitrogen and oxygen atoms in total. The normalized spacial score (nSPS) is 19.4. The lowest BCUT2D eigenvalue weighted by Crippen LogP contribution is -2.35. The number of likely N-dealkylation sites (N-methyl/N-ethyl adjacent to an activating group) is 1. The fourth-order valence-electron chi connectivity index (χ4n) is 4.04. The van der Waals surface area contributed by atoms with Crippen LogP contribution in [0.5, 0.6) is 0 Å². The summed E-state index contributed by atoms with van der Waals surface area (Å²) in [5, 5.41) is 0. The maximum absolute atomic E-state index is 13.0. The first-order valence-corrected chi connectivity index (χ1v) is 11.6. The number of fused-ring (bicyclic) bond motifs is 1. The van der Waals surface area contributed by atoms with Gasteiger partial charge in [0.1, 0.15) is 11.9 Å². The molecule has 1 saturated heterocycles. The minimum absolute atomic E-state index is 0.165. The van der Waals surface area contributed by atoms with E-state index in [1.54, 1.807) is 37.1 Å². The van der Waals surface area contributed by atoms with E-state index in [1.165, 1.54) is 24.6 Å². The average Bonchev–Trinajstić information content (AvgIpc) is 3.35. The Labute approximate surface area is 177 Å². The van der Waals surface area contributed by atoms with Crippen LogP contribution in [0.15, 0.2) is 58.4 Å². The van der Waals surface area contributed by atoms with Crippen molar-refractivity contribution in [3.05, 3.63) is 59.7 Å². The van der Waals surface area contributed by atoms with E-state index in [0.29, 0.717) is 12.1 Å². The minimum Gasteiger partial charge on any atom is -0.371 e. The molecule has 2 heterocycles. The molecule has 4 rings (SSSR count). The van der Waals surface area contributed by atoms with Crippen LogP contribution in [0.3, 0.4) is 0 Å². The summed E-state index contributed by atoms with van der Waals surface area (Å²) in [6, 6.07) is 14.1. The van der Waals surface area contributed by atoms with Crippen LogP contribution >= 0.6 is 0 Å². The Morgan fingerprint density at radius 1 is 1.13 bits per heavy atom. The molecule has 1 amide bonds. The smallest absolute Gasteiger partial charge is 0.263 e. The molecule has 2 aliphatic heterocycles. The van der Waals surface area contributed by atoms with Gasteiger partial charge >= 0.3 is 0 Å². The Bertz CT molecular complexity index is 1090. The number of sulfonamides is 1. The second-order valence-corrected chi connectivity index (χ2v) is 9.42. The van der Waals surface area contributed by atoms with Crippen LogP contribution in [-0.2, 0) is 21.4 Å². The predicted octanol–water partition coefficient (Wildman–Crippen LogP) is 2.37. The second-order valence-electron chi connectivity index (χ2n) is 7.77. The Kier molecular flexibility index (Phi) is 5.51. The van der Waals surface area contributed by atoms with Gasteiger partial charge in [-0.3, -0.25) is 14.5 Å². The predicted molar refractivity (Wildman–Crippen MR) is 117 cm³/mol. The second kappa shape index (κ2) is 8.10. The third-order valence-electron chi connectivity index (χ3n) is 5.56. The van der Waals surface area contributed by atoms with E-state index in [4.69, 9.17) is 0 Å². The summed E-state index contributed by atoms with van der Waals surface area (Å²) >= 11 is 0. The Morgan fingerprint density at radius 3 is 2.57 bits per heavy atom. The van der Waals surface area contributed by atoms with Crippen molar-refractivity contribution in [3.8, 4) is 0 Å². The van der Waals surface area contributed by atoms with Gasteiger partial charge in [-0.2, -0.15) is 0 Å². The third-order valence-corrected chi connectivity index (χ3v) is 6.96. The molecule has 1 fully saturated rings. The average molecular weight is 427 g/mol. The number of amidine groups is 1. The lowest BCUT2D eigenvalue weighted by molar-refractivity contribution is -0.131. The van der Waals surface area contributed by atoms with Gasteiger partial charge in [-0.15, -0.1) is 0 Å². The van der Waals surface area contributed by atoms with Gasteiger partial charge in [0.25, 0.3) is 10.0 Å². The summed E-state index contributed by atoms with van der Waals surface area (Å²) in [6.45, 7) is 4.24. The van der Waals surface area contributed by atoms with Crippen LogP contribution in [0.4, 0.5) is 5.69 Å². The van der Waals surface area contributed by atoms with Crippen LogP contribution in [0.1, 0.15) is 30.9 Å². The molecule has 0 spiro atoms. The van der Waals surface area contributed by atoms with Gasteiger partial charge in [-0.25, -0.2) is 8.42 Å². The van der Waals surface area contributed by atoms with Crippen LogP contribution < -0.4 is 9.62 Å². The van der Waals surface area contributed by atoms with Gasteiger partial charge in [0.2, 0.25) is 5.91 Å². The van der Waals surface area contributed by atoms with Crippen molar-refractivity contribution in [2.45, 2.75) is 37.2 Å². The standard InChI is InChI=1S/C22H26N4O3S/c1-16(23-21-18-10-4-6-12-20(18)30(28,29)24-21)22(27)25(2)15-17-9-3-5-11-19(17)26-13-7-8-14-26/h3-6,9-12,16H,7-8,13-15H2,1-2H3,(H,23,24)/t16-/m1/s1. The fourth-order valence-corrected chi connectivity index (χ4v) is 5.28. The Balaban J connectivity index is 1.51. The highest BCUT2D eigenvalue weighted by Gasteiger charge is 2.31. The van der Waals surface area contributed by atoms with Gasteiger partial charge in [0.05, 0.1) is 4.90 Å². The SMILES string of the molecule is C[C@@H](N=C1NS(=O)(=O)c2ccccc21)C(=O)N(C)Cc1ccccc1N1CCCC1. The first-order valence-electron chi connectivity index (χ1n) is 10.1. The van der Waals surface area contributed by atoms with Crippen molar-refractivity contribution in [2.75, 3.05) is 25.0 Å². The molecule has 1 N–H and O–H groups in total. The van der Waals surface area contributed by atoms with E-state index in [9.17, 15) is 13.2 Å². The van der Waals surface area contributed by atoms with Crippen LogP contribution in [-0.4, -0.2) is 51.2 Å². The Hall–Kier alpha value is -2.87. The van der Waals surface area contributed by atoms with E-state index >= 15 is 0 Å². The van der Waals surface area contributed by atoms with E-state index < -0.39 is 16.1 Å². The number of benzene rings is 2. The Morgan fingerprint density at radius 2 is 1.80 bits per heavy atom. The number of aliphatic imine (C=N–C) groups is 1. The third kappa shape index (κ3) is 3.92. The molecule has 30 heavy (non-hydrogen) atoms. The largest absolute Gasteiger partial charge is 0.371 e. The molecule has 0 radical (unpaired) electrons. The zero-order valence-electron chi connectivity index (χ0n) is 17.2. The summed E-state index contributed by atoms with van der Waals surface area (Å²) in [5.41, 5.74) is 2.77. The van der Waals surface area contributed by atoms with Gasteiger partial charge in [-0.1, -0.05) is 30.3 Å². The molecule has 0 bridgehead atoms. The van der Waals surface area contributed by atoms with Crippen LogP contribution in [0.2, 0.25) is 0 Å². The van der Waals surface area contributed by atoms with E-state index in [1.807, 2.05) is 12.1 Å². The van der Waals surface area contributed by atoms with E-state index in [-0.39, 0.29) is 16.6 Å². The summed E-state index contributed by atoms with van der Waals surface area (Å²) in [4.78, 5) is 21.6.